The van der Waals surface area contributed by atoms with Crippen LogP contribution in [-0.2, 0) is 4.79 Å². The largest absolute Gasteiger partial charge is 0.337 e. The summed E-state index contributed by atoms with van der Waals surface area (Å²) in [6, 6.07) is 10.4. The van der Waals surface area contributed by atoms with E-state index in [1.54, 1.807) is 30.3 Å². The van der Waals surface area contributed by atoms with Crippen LogP contribution in [0.1, 0.15) is 24.5 Å². The van der Waals surface area contributed by atoms with Crippen molar-refractivity contribution in [2.24, 2.45) is 0 Å². The molecule has 0 bridgehead atoms. The summed E-state index contributed by atoms with van der Waals surface area (Å²) in [6.07, 6.45) is 3.59. The fourth-order valence-corrected chi connectivity index (χ4v) is 1.29. The lowest BCUT2D eigenvalue weighted by Crippen LogP contribution is -2.31. The molecule has 0 fully saturated rings. The molecule has 1 aromatic rings. The summed E-state index contributed by atoms with van der Waals surface area (Å²) in [5.41, 5.74) is 1.40. The Labute approximate surface area is 106 Å². The lowest BCUT2D eigenvalue weighted by Gasteiger charge is -2.05. The van der Waals surface area contributed by atoms with Gasteiger partial charge in [0.1, 0.15) is 6.04 Å². The van der Waals surface area contributed by atoms with E-state index in [0.717, 1.165) is 5.56 Å². The van der Waals surface area contributed by atoms with Crippen LogP contribution in [0.15, 0.2) is 30.3 Å². The molecule has 0 saturated carbocycles. The van der Waals surface area contributed by atoms with Crippen molar-refractivity contribution in [3.05, 3.63) is 41.5 Å². The lowest BCUT2D eigenvalue weighted by atomic mass is 10.1. The Morgan fingerprint density at radius 2 is 2.06 bits per heavy atom. The molecule has 0 aliphatic heterocycles. The molecule has 1 rings (SSSR count). The second-order valence-corrected chi connectivity index (χ2v) is 3.67. The second kappa shape index (κ2) is 6.88. The average molecular weight is 239 g/mol. The number of benzene rings is 1. The SMILES string of the molecule is CC[C@@H](C#N)NC(=O)/C=C/c1ccc(C#N)cc1. The Morgan fingerprint density at radius 1 is 1.39 bits per heavy atom. The number of hydrogen-bond donors (Lipinski definition) is 1. The van der Waals surface area contributed by atoms with Crippen molar-refractivity contribution in [3.63, 3.8) is 0 Å². The third-order valence-corrected chi connectivity index (χ3v) is 2.35. The first-order valence-electron chi connectivity index (χ1n) is 5.58. The molecule has 0 heterocycles. The van der Waals surface area contributed by atoms with Crippen LogP contribution in [0.3, 0.4) is 0 Å². The quantitative estimate of drug-likeness (QED) is 0.816. The first kappa shape index (κ1) is 13.5. The van der Waals surface area contributed by atoms with E-state index >= 15 is 0 Å². The molecule has 1 N–H and O–H groups in total. The Morgan fingerprint density at radius 3 is 2.56 bits per heavy atom. The van der Waals surface area contributed by atoms with Crippen LogP contribution in [0.2, 0.25) is 0 Å². The maximum absolute atomic E-state index is 11.5. The van der Waals surface area contributed by atoms with E-state index in [1.807, 2.05) is 19.1 Å². The van der Waals surface area contributed by atoms with Gasteiger partial charge < -0.3 is 5.32 Å². The molecule has 0 unspecified atom stereocenters. The molecule has 18 heavy (non-hydrogen) atoms. The zero-order chi connectivity index (χ0) is 13.4. The minimum Gasteiger partial charge on any atom is -0.337 e. The minimum atomic E-state index is -0.455. The van der Waals surface area contributed by atoms with Gasteiger partial charge in [0.15, 0.2) is 0 Å². The molecule has 1 amide bonds. The van der Waals surface area contributed by atoms with Crippen LogP contribution in [0, 0.1) is 22.7 Å². The van der Waals surface area contributed by atoms with Gasteiger partial charge in [0, 0.05) is 6.08 Å². The third-order valence-electron chi connectivity index (χ3n) is 2.35. The summed E-state index contributed by atoms with van der Waals surface area (Å²) < 4.78 is 0. The minimum absolute atomic E-state index is 0.298. The molecular weight excluding hydrogens is 226 g/mol. The van der Waals surface area contributed by atoms with Crippen molar-refractivity contribution >= 4 is 12.0 Å². The number of carbonyl (C=O) groups is 1. The van der Waals surface area contributed by atoms with Crippen molar-refractivity contribution in [1.29, 1.82) is 10.5 Å². The highest BCUT2D eigenvalue weighted by molar-refractivity contribution is 5.92. The molecule has 1 atom stereocenters. The highest BCUT2D eigenvalue weighted by atomic mass is 16.1. The van der Waals surface area contributed by atoms with Gasteiger partial charge in [-0.1, -0.05) is 19.1 Å². The van der Waals surface area contributed by atoms with Crippen LogP contribution in [0.5, 0.6) is 0 Å². The highest BCUT2D eigenvalue weighted by Crippen LogP contribution is 2.05. The summed E-state index contributed by atoms with van der Waals surface area (Å²) in [4.78, 5) is 11.5. The first-order chi connectivity index (χ1) is 8.69. The maximum Gasteiger partial charge on any atom is 0.245 e. The molecule has 0 aliphatic rings. The molecule has 4 nitrogen and oxygen atoms in total. The zero-order valence-electron chi connectivity index (χ0n) is 10.1. The van der Waals surface area contributed by atoms with Crippen LogP contribution in [0.4, 0.5) is 0 Å². The highest BCUT2D eigenvalue weighted by Gasteiger charge is 2.05. The van der Waals surface area contributed by atoms with E-state index < -0.39 is 6.04 Å². The fourth-order valence-electron chi connectivity index (χ4n) is 1.29. The molecule has 0 aromatic heterocycles. The first-order valence-corrected chi connectivity index (χ1v) is 5.58. The monoisotopic (exact) mass is 239 g/mol. The number of nitriles is 2. The van der Waals surface area contributed by atoms with Crippen LogP contribution in [0.25, 0.3) is 6.08 Å². The van der Waals surface area contributed by atoms with E-state index in [-0.39, 0.29) is 5.91 Å². The Bertz CT molecular complexity index is 517. The molecule has 4 heteroatoms. The van der Waals surface area contributed by atoms with Crippen molar-refractivity contribution in [2.75, 3.05) is 0 Å². The second-order valence-electron chi connectivity index (χ2n) is 3.67. The van der Waals surface area contributed by atoms with Gasteiger partial charge in [-0.05, 0) is 30.2 Å². The van der Waals surface area contributed by atoms with E-state index in [2.05, 4.69) is 5.32 Å². The van der Waals surface area contributed by atoms with Crippen LogP contribution < -0.4 is 5.32 Å². The molecular formula is C14H13N3O. The predicted molar refractivity (Wildman–Crippen MR) is 68.0 cm³/mol. The van der Waals surface area contributed by atoms with E-state index in [9.17, 15) is 4.79 Å². The summed E-state index contributed by atoms with van der Waals surface area (Å²) in [7, 11) is 0. The standard InChI is InChI=1S/C14H13N3O/c1-2-13(10-16)17-14(18)8-7-11-3-5-12(9-15)6-4-11/h3-8,13H,2H2,1H3,(H,17,18)/b8-7+/t13-/m0/s1. The topological polar surface area (TPSA) is 76.7 Å². The summed E-state index contributed by atoms with van der Waals surface area (Å²) in [5, 5.41) is 19.9. The van der Waals surface area contributed by atoms with E-state index in [4.69, 9.17) is 10.5 Å². The van der Waals surface area contributed by atoms with Crippen molar-refractivity contribution in [2.45, 2.75) is 19.4 Å². The van der Waals surface area contributed by atoms with E-state index in [0.29, 0.717) is 12.0 Å². The fraction of sp³-hybridized carbons (Fsp3) is 0.214. The summed E-state index contributed by atoms with van der Waals surface area (Å²) in [6.45, 7) is 1.83. The molecule has 0 spiro atoms. The molecule has 0 aliphatic carbocycles. The van der Waals surface area contributed by atoms with Gasteiger partial charge in [0.05, 0.1) is 17.7 Å². The van der Waals surface area contributed by atoms with Crippen molar-refractivity contribution in [1.82, 2.24) is 5.32 Å². The van der Waals surface area contributed by atoms with Crippen LogP contribution >= 0.6 is 0 Å². The maximum atomic E-state index is 11.5. The van der Waals surface area contributed by atoms with Crippen LogP contribution in [-0.4, -0.2) is 11.9 Å². The van der Waals surface area contributed by atoms with Gasteiger partial charge in [-0.25, -0.2) is 0 Å². The average Bonchev–Trinajstić information content (AvgIpc) is 2.43. The number of carbonyl (C=O) groups excluding carboxylic acids is 1. The number of rotatable bonds is 4. The number of nitrogens with one attached hydrogen (secondary N) is 1. The van der Waals surface area contributed by atoms with E-state index in [1.165, 1.54) is 6.08 Å². The Kier molecular flexibility index (Phi) is 5.15. The molecule has 1 aromatic carbocycles. The Hall–Kier alpha value is -2.59. The third kappa shape index (κ3) is 4.11. The zero-order valence-corrected chi connectivity index (χ0v) is 10.1. The molecule has 0 saturated heterocycles. The summed E-state index contributed by atoms with van der Waals surface area (Å²) >= 11 is 0. The van der Waals surface area contributed by atoms with Gasteiger partial charge in [-0.2, -0.15) is 10.5 Å². The predicted octanol–water partition coefficient (Wildman–Crippen LogP) is 1.99. The molecule has 0 radical (unpaired) electrons. The van der Waals surface area contributed by atoms with Gasteiger partial charge in [-0.15, -0.1) is 0 Å². The molecule has 90 valence electrons. The lowest BCUT2D eigenvalue weighted by molar-refractivity contribution is -0.116. The van der Waals surface area contributed by atoms with Crippen molar-refractivity contribution < 1.29 is 4.79 Å². The van der Waals surface area contributed by atoms with Gasteiger partial charge in [0.2, 0.25) is 5.91 Å². The number of amides is 1. The normalized spacial score (nSPS) is 11.5. The Balaban J connectivity index is 2.61. The smallest absolute Gasteiger partial charge is 0.245 e. The van der Waals surface area contributed by atoms with Crippen molar-refractivity contribution in [3.8, 4) is 12.1 Å². The number of hydrogen-bond acceptors (Lipinski definition) is 3. The van der Waals surface area contributed by atoms with Gasteiger partial charge in [0.25, 0.3) is 0 Å². The van der Waals surface area contributed by atoms with Gasteiger partial charge >= 0.3 is 0 Å². The number of nitrogens with zero attached hydrogens (tertiary/aromatic N) is 2. The summed E-state index contributed by atoms with van der Waals surface area (Å²) in [5.74, 6) is -0.298. The van der Waals surface area contributed by atoms with Gasteiger partial charge in [-0.3, -0.25) is 4.79 Å².